The van der Waals surface area contributed by atoms with Gasteiger partial charge in [-0.2, -0.15) is 10.2 Å². The second kappa shape index (κ2) is 10.6. The molecule has 0 fully saturated rings. The van der Waals surface area contributed by atoms with Gasteiger partial charge in [0.1, 0.15) is 23.8 Å². The fourth-order valence-electron chi connectivity index (χ4n) is 3.41. The van der Waals surface area contributed by atoms with Crippen molar-refractivity contribution in [1.82, 2.24) is 24.9 Å². The molecular formula is C25H26N6O4. The van der Waals surface area contributed by atoms with Gasteiger partial charge in [-0.15, -0.1) is 0 Å². The van der Waals surface area contributed by atoms with Crippen LogP contribution in [0.1, 0.15) is 32.0 Å². The number of aromatic nitrogens is 4. The van der Waals surface area contributed by atoms with Gasteiger partial charge in [0.15, 0.2) is 0 Å². The number of hydrogen-bond acceptors (Lipinski definition) is 6. The number of methoxy groups -OCH3 is 1. The second-order valence-corrected chi connectivity index (χ2v) is 7.85. The van der Waals surface area contributed by atoms with Crippen molar-refractivity contribution in [2.75, 3.05) is 12.4 Å². The van der Waals surface area contributed by atoms with Crippen LogP contribution in [0.25, 0.3) is 0 Å². The molecule has 0 radical (unpaired) electrons. The van der Waals surface area contributed by atoms with Crippen molar-refractivity contribution >= 4 is 17.5 Å². The molecule has 0 aliphatic rings. The number of nitrogens with one attached hydrogen (secondary N) is 2. The van der Waals surface area contributed by atoms with E-state index in [4.69, 9.17) is 9.47 Å². The van der Waals surface area contributed by atoms with E-state index in [2.05, 4.69) is 20.8 Å². The molecule has 4 rings (SSSR count). The Hall–Kier alpha value is -4.60. The third kappa shape index (κ3) is 5.85. The lowest BCUT2D eigenvalue weighted by Gasteiger charge is -2.10. The molecule has 35 heavy (non-hydrogen) atoms. The maximum absolute atomic E-state index is 12.8. The maximum Gasteiger partial charge on any atom is 0.271 e. The van der Waals surface area contributed by atoms with Crippen LogP contribution in [-0.2, 0) is 27.2 Å². The standard InChI is InChI=1S/C25H26N6O4/c1-30-15-18(13-27-30)12-26-25(33)23-22(14-28-31(23)2)29-24(32)19-6-4-17(5-7-19)16-35-21-10-8-20(34-3)9-11-21/h4-11,13-15H,12,16H2,1-3H3,(H,26,33)(H,29,32). The van der Waals surface area contributed by atoms with Crippen LogP contribution >= 0.6 is 0 Å². The molecule has 0 spiro atoms. The fourth-order valence-corrected chi connectivity index (χ4v) is 3.41. The first-order valence-electron chi connectivity index (χ1n) is 10.9. The minimum absolute atomic E-state index is 0.256. The Kier molecular flexibility index (Phi) is 7.10. The highest BCUT2D eigenvalue weighted by molar-refractivity contribution is 6.08. The van der Waals surface area contributed by atoms with Crippen molar-refractivity contribution in [3.05, 3.63) is 89.5 Å². The molecule has 0 unspecified atom stereocenters. The fraction of sp³-hybridized carbons (Fsp3) is 0.200. The van der Waals surface area contributed by atoms with E-state index in [1.807, 2.05) is 42.6 Å². The van der Waals surface area contributed by atoms with E-state index in [0.717, 1.165) is 22.6 Å². The molecule has 0 aliphatic carbocycles. The lowest BCUT2D eigenvalue weighted by Crippen LogP contribution is -2.26. The number of aryl methyl sites for hydroxylation is 2. The van der Waals surface area contributed by atoms with Crippen molar-refractivity contribution in [3.63, 3.8) is 0 Å². The molecule has 2 heterocycles. The third-order valence-electron chi connectivity index (χ3n) is 5.29. The highest BCUT2D eigenvalue weighted by Gasteiger charge is 2.19. The summed E-state index contributed by atoms with van der Waals surface area (Å²) in [6, 6.07) is 14.4. The van der Waals surface area contributed by atoms with Crippen LogP contribution in [0, 0.1) is 0 Å². The predicted molar refractivity (Wildman–Crippen MR) is 129 cm³/mol. The molecule has 2 amide bonds. The molecule has 10 nitrogen and oxygen atoms in total. The average Bonchev–Trinajstić information content (AvgIpc) is 3.46. The summed E-state index contributed by atoms with van der Waals surface area (Å²) in [5.74, 6) is 0.783. The first-order chi connectivity index (χ1) is 16.9. The molecular weight excluding hydrogens is 448 g/mol. The summed E-state index contributed by atoms with van der Waals surface area (Å²) in [4.78, 5) is 25.5. The van der Waals surface area contributed by atoms with Crippen molar-refractivity contribution in [3.8, 4) is 11.5 Å². The maximum atomic E-state index is 12.8. The predicted octanol–water partition coefficient (Wildman–Crippen LogP) is 2.92. The third-order valence-corrected chi connectivity index (χ3v) is 5.29. The second-order valence-electron chi connectivity index (χ2n) is 7.85. The van der Waals surface area contributed by atoms with Gasteiger partial charge in [-0.1, -0.05) is 12.1 Å². The number of hydrogen-bond donors (Lipinski definition) is 2. The molecule has 0 saturated heterocycles. The Morgan fingerprint density at radius 3 is 2.26 bits per heavy atom. The number of nitrogens with zero attached hydrogens (tertiary/aromatic N) is 4. The van der Waals surface area contributed by atoms with Crippen LogP contribution in [0.2, 0.25) is 0 Å². The van der Waals surface area contributed by atoms with Gasteiger partial charge in [-0.3, -0.25) is 19.0 Å². The molecule has 2 N–H and O–H groups in total. The van der Waals surface area contributed by atoms with E-state index in [0.29, 0.717) is 24.4 Å². The zero-order valence-corrected chi connectivity index (χ0v) is 19.7. The van der Waals surface area contributed by atoms with Crippen molar-refractivity contribution < 1.29 is 19.1 Å². The number of carbonyl (C=O) groups excluding carboxylic acids is 2. The van der Waals surface area contributed by atoms with E-state index in [-0.39, 0.29) is 17.5 Å². The quantitative estimate of drug-likeness (QED) is 0.386. The van der Waals surface area contributed by atoms with Crippen LogP contribution < -0.4 is 20.1 Å². The van der Waals surface area contributed by atoms with E-state index >= 15 is 0 Å². The van der Waals surface area contributed by atoms with Gasteiger partial charge in [0, 0.05) is 38.0 Å². The van der Waals surface area contributed by atoms with Crippen LogP contribution in [0.15, 0.2) is 67.1 Å². The number of ether oxygens (including phenoxy) is 2. The molecule has 0 aliphatic heterocycles. The van der Waals surface area contributed by atoms with E-state index in [9.17, 15) is 9.59 Å². The smallest absolute Gasteiger partial charge is 0.271 e. The summed E-state index contributed by atoms with van der Waals surface area (Å²) < 4.78 is 14.0. The zero-order valence-electron chi connectivity index (χ0n) is 19.7. The van der Waals surface area contributed by atoms with Gasteiger partial charge >= 0.3 is 0 Å². The minimum atomic E-state index is -0.352. The van der Waals surface area contributed by atoms with Gasteiger partial charge in [-0.25, -0.2) is 0 Å². The van der Waals surface area contributed by atoms with Crippen LogP contribution in [0.3, 0.4) is 0 Å². The lowest BCUT2D eigenvalue weighted by molar-refractivity contribution is 0.0942. The summed E-state index contributed by atoms with van der Waals surface area (Å²) in [7, 11) is 5.06. The van der Waals surface area contributed by atoms with Crippen LogP contribution in [-0.4, -0.2) is 38.5 Å². The van der Waals surface area contributed by atoms with E-state index < -0.39 is 0 Å². The SMILES string of the molecule is COc1ccc(OCc2ccc(C(=O)Nc3cnn(C)c3C(=O)NCc3cnn(C)c3)cc2)cc1. The monoisotopic (exact) mass is 474 g/mol. The number of amides is 2. The molecule has 0 bridgehead atoms. The highest BCUT2D eigenvalue weighted by Crippen LogP contribution is 2.19. The Labute approximate surface area is 202 Å². The Morgan fingerprint density at radius 1 is 0.886 bits per heavy atom. The van der Waals surface area contributed by atoms with Gasteiger partial charge in [0.2, 0.25) is 0 Å². The molecule has 180 valence electrons. The van der Waals surface area contributed by atoms with Gasteiger partial charge < -0.3 is 20.1 Å². The number of carbonyl (C=O) groups is 2. The largest absolute Gasteiger partial charge is 0.497 e. The number of rotatable bonds is 9. The lowest BCUT2D eigenvalue weighted by atomic mass is 10.1. The van der Waals surface area contributed by atoms with E-state index in [1.165, 1.54) is 10.9 Å². The molecule has 0 atom stereocenters. The Morgan fingerprint density at radius 2 is 1.60 bits per heavy atom. The first-order valence-corrected chi connectivity index (χ1v) is 10.9. The number of anilines is 1. The molecule has 2 aromatic heterocycles. The Balaban J connectivity index is 1.35. The first kappa shape index (κ1) is 23.6. The van der Waals surface area contributed by atoms with Crippen molar-refractivity contribution in [2.45, 2.75) is 13.2 Å². The summed E-state index contributed by atoms with van der Waals surface area (Å²) in [6.45, 7) is 0.670. The number of benzene rings is 2. The van der Waals surface area contributed by atoms with Crippen molar-refractivity contribution in [1.29, 1.82) is 0 Å². The average molecular weight is 475 g/mol. The molecule has 2 aromatic carbocycles. The summed E-state index contributed by atoms with van der Waals surface area (Å²) in [6.07, 6.45) is 4.95. The summed E-state index contributed by atoms with van der Waals surface area (Å²) >= 11 is 0. The van der Waals surface area contributed by atoms with E-state index in [1.54, 1.807) is 44.2 Å². The molecule has 10 heteroatoms. The molecule has 0 saturated carbocycles. The van der Waals surface area contributed by atoms with Crippen LogP contribution in [0.5, 0.6) is 11.5 Å². The van der Waals surface area contributed by atoms with Crippen molar-refractivity contribution in [2.24, 2.45) is 14.1 Å². The highest BCUT2D eigenvalue weighted by atomic mass is 16.5. The Bertz CT molecular complexity index is 1310. The summed E-state index contributed by atoms with van der Waals surface area (Å²) in [5.41, 5.74) is 2.81. The minimum Gasteiger partial charge on any atom is -0.497 e. The zero-order chi connectivity index (χ0) is 24.8. The normalized spacial score (nSPS) is 10.6. The van der Waals surface area contributed by atoms with Gasteiger partial charge in [0.05, 0.1) is 25.2 Å². The summed E-state index contributed by atoms with van der Waals surface area (Å²) in [5, 5.41) is 13.8. The van der Waals surface area contributed by atoms with Gasteiger partial charge in [-0.05, 0) is 42.0 Å². The van der Waals surface area contributed by atoms with Crippen LogP contribution in [0.4, 0.5) is 5.69 Å². The molecule has 4 aromatic rings. The topological polar surface area (TPSA) is 112 Å². The van der Waals surface area contributed by atoms with Gasteiger partial charge in [0.25, 0.3) is 11.8 Å².